The minimum Gasteiger partial charge on any atom is -0.446 e. The Morgan fingerprint density at radius 3 is 2.94 bits per heavy atom. The Morgan fingerprint density at radius 2 is 2.22 bits per heavy atom. The Kier molecular flexibility index (Phi) is 3.34. The van der Waals surface area contributed by atoms with Crippen molar-refractivity contribution >= 4 is 11.6 Å². The van der Waals surface area contributed by atoms with Gasteiger partial charge in [-0.15, -0.1) is 0 Å². The van der Waals surface area contributed by atoms with E-state index < -0.39 is 0 Å². The molecule has 2 heterocycles. The fourth-order valence-corrected chi connectivity index (χ4v) is 1.44. The maximum absolute atomic E-state index is 11.8. The molecule has 0 unspecified atom stereocenters. The Bertz CT molecular complexity index is 555. The fourth-order valence-electron chi connectivity index (χ4n) is 1.44. The van der Waals surface area contributed by atoms with Crippen LogP contribution in [0, 0.1) is 0 Å². The third kappa shape index (κ3) is 3.07. The number of imidazole rings is 1. The summed E-state index contributed by atoms with van der Waals surface area (Å²) in [5.74, 6) is -0.345. The summed E-state index contributed by atoms with van der Waals surface area (Å²) in [6, 6.07) is 3.50. The summed E-state index contributed by atoms with van der Waals surface area (Å²) in [7, 11) is 0. The van der Waals surface area contributed by atoms with Gasteiger partial charge in [0.2, 0.25) is 0 Å². The highest BCUT2D eigenvalue weighted by Gasteiger charge is 2.11. The van der Waals surface area contributed by atoms with Crippen molar-refractivity contribution in [2.75, 3.05) is 6.73 Å². The van der Waals surface area contributed by atoms with Crippen LogP contribution in [0.25, 0.3) is 5.65 Å². The van der Waals surface area contributed by atoms with Gasteiger partial charge in [0.25, 0.3) is 0 Å². The molecule has 0 spiro atoms. The highest BCUT2D eigenvalue weighted by Crippen LogP contribution is 2.06. The monoisotopic (exact) mass is 247 g/mol. The average Bonchev–Trinajstić information content (AvgIpc) is 2.73. The first-order chi connectivity index (χ1) is 8.46. The summed E-state index contributed by atoms with van der Waals surface area (Å²) >= 11 is 0. The molecule has 0 aliphatic rings. The molecule has 0 atom stereocenters. The molecule has 0 saturated heterocycles. The number of aromatic nitrogens is 2. The second kappa shape index (κ2) is 4.78. The summed E-state index contributed by atoms with van der Waals surface area (Å²) in [5.41, 5.74) is 1.24. The third-order valence-electron chi connectivity index (χ3n) is 2.43. The third-order valence-corrected chi connectivity index (χ3v) is 2.43. The van der Waals surface area contributed by atoms with Crippen LogP contribution in [0.2, 0.25) is 0 Å². The molecule has 1 N–H and O–H groups in total. The van der Waals surface area contributed by atoms with Crippen LogP contribution in [-0.4, -0.2) is 27.6 Å². The van der Waals surface area contributed by atoms with Crippen molar-refractivity contribution in [2.45, 2.75) is 26.3 Å². The molecule has 5 heteroatoms. The first kappa shape index (κ1) is 12.6. The van der Waals surface area contributed by atoms with Crippen LogP contribution in [0.1, 0.15) is 31.1 Å². The van der Waals surface area contributed by atoms with E-state index in [4.69, 9.17) is 4.74 Å². The smallest absolute Gasteiger partial charge is 0.340 e. The van der Waals surface area contributed by atoms with E-state index in [0.29, 0.717) is 5.56 Å². The molecule has 0 aliphatic heterocycles. The van der Waals surface area contributed by atoms with Gasteiger partial charge in [-0.05, 0) is 32.9 Å². The summed E-state index contributed by atoms with van der Waals surface area (Å²) in [5, 5.41) is 3.09. The lowest BCUT2D eigenvalue weighted by molar-refractivity contribution is 0.0440. The molecule has 0 saturated carbocycles. The number of esters is 1. The van der Waals surface area contributed by atoms with Gasteiger partial charge in [-0.2, -0.15) is 0 Å². The average molecular weight is 247 g/mol. The van der Waals surface area contributed by atoms with Crippen molar-refractivity contribution in [2.24, 2.45) is 0 Å². The van der Waals surface area contributed by atoms with Gasteiger partial charge in [-0.1, -0.05) is 0 Å². The maximum atomic E-state index is 11.8. The van der Waals surface area contributed by atoms with Crippen LogP contribution in [0.5, 0.6) is 0 Å². The number of ether oxygens (including phenoxy) is 1. The summed E-state index contributed by atoms with van der Waals surface area (Å²) < 4.78 is 6.93. The van der Waals surface area contributed by atoms with Crippen LogP contribution in [-0.2, 0) is 4.74 Å². The van der Waals surface area contributed by atoms with Crippen LogP contribution in [0.15, 0.2) is 30.7 Å². The van der Waals surface area contributed by atoms with E-state index in [-0.39, 0.29) is 18.2 Å². The van der Waals surface area contributed by atoms with E-state index in [2.05, 4.69) is 10.3 Å². The van der Waals surface area contributed by atoms with E-state index >= 15 is 0 Å². The lowest BCUT2D eigenvalue weighted by Crippen LogP contribution is -2.38. The van der Waals surface area contributed by atoms with Crippen molar-refractivity contribution < 1.29 is 9.53 Å². The van der Waals surface area contributed by atoms with Gasteiger partial charge in [0, 0.05) is 24.1 Å². The maximum Gasteiger partial charge on any atom is 0.340 e. The number of pyridine rings is 1. The van der Waals surface area contributed by atoms with Crippen LogP contribution in [0.4, 0.5) is 0 Å². The molecule has 96 valence electrons. The van der Waals surface area contributed by atoms with Crippen molar-refractivity contribution in [3.63, 3.8) is 0 Å². The SMILES string of the molecule is CC(C)(C)NCOC(=O)c1ccc2nccn2c1. The first-order valence-corrected chi connectivity index (χ1v) is 5.80. The Hall–Kier alpha value is -1.88. The van der Waals surface area contributed by atoms with Crippen molar-refractivity contribution in [1.82, 2.24) is 14.7 Å². The Balaban J connectivity index is 2.00. The molecule has 0 fully saturated rings. The van der Waals surface area contributed by atoms with Gasteiger partial charge in [0.15, 0.2) is 0 Å². The Morgan fingerprint density at radius 1 is 1.44 bits per heavy atom. The molecule has 0 bridgehead atoms. The zero-order valence-corrected chi connectivity index (χ0v) is 10.8. The largest absolute Gasteiger partial charge is 0.446 e. The van der Waals surface area contributed by atoms with E-state index in [1.54, 1.807) is 35.1 Å². The lowest BCUT2D eigenvalue weighted by Gasteiger charge is -2.20. The number of rotatable bonds is 3. The summed E-state index contributed by atoms with van der Waals surface area (Å²) in [6.45, 7) is 6.24. The topological polar surface area (TPSA) is 55.6 Å². The molecular formula is C13H17N3O2. The predicted octanol–water partition coefficient (Wildman–Crippen LogP) is 1.84. The van der Waals surface area contributed by atoms with Crippen LogP contribution < -0.4 is 5.32 Å². The second-order valence-electron chi connectivity index (χ2n) is 5.11. The van der Waals surface area contributed by atoms with Gasteiger partial charge in [-0.25, -0.2) is 9.78 Å². The van der Waals surface area contributed by atoms with Crippen LogP contribution >= 0.6 is 0 Å². The number of hydrogen-bond acceptors (Lipinski definition) is 4. The predicted molar refractivity (Wildman–Crippen MR) is 68.4 cm³/mol. The molecule has 0 radical (unpaired) electrons. The standard InChI is InChI=1S/C13H17N3O2/c1-13(2,3)15-9-18-12(17)10-4-5-11-14-6-7-16(11)8-10/h4-8,15H,9H2,1-3H3. The number of carbonyl (C=O) groups excluding carboxylic acids is 1. The first-order valence-electron chi connectivity index (χ1n) is 5.80. The fraction of sp³-hybridized carbons (Fsp3) is 0.385. The van der Waals surface area contributed by atoms with Crippen molar-refractivity contribution in [3.05, 3.63) is 36.3 Å². The quantitative estimate of drug-likeness (QED) is 0.664. The highest BCUT2D eigenvalue weighted by atomic mass is 16.5. The van der Waals surface area contributed by atoms with Crippen molar-refractivity contribution in [3.8, 4) is 0 Å². The van der Waals surface area contributed by atoms with E-state index in [0.717, 1.165) is 5.65 Å². The van der Waals surface area contributed by atoms with E-state index in [1.807, 2.05) is 20.8 Å². The molecule has 18 heavy (non-hydrogen) atoms. The molecular weight excluding hydrogens is 230 g/mol. The van der Waals surface area contributed by atoms with E-state index in [1.165, 1.54) is 0 Å². The van der Waals surface area contributed by atoms with Gasteiger partial charge < -0.3 is 9.14 Å². The number of carbonyl (C=O) groups is 1. The second-order valence-corrected chi connectivity index (χ2v) is 5.11. The van der Waals surface area contributed by atoms with E-state index in [9.17, 15) is 4.79 Å². The minimum absolute atomic E-state index is 0.0748. The molecule has 0 aliphatic carbocycles. The highest BCUT2D eigenvalue weighted by molar-refractivity contribution is 5.89. The molecule has 5 nitrogen and oxygen atoms in total. The van der Waals surface area contributed by atoms with Crippen molar-refractivity contribution in [1.29, 1.82) is 0 Å². The Labute approximate surface area is 106 Å². The zero-order chi connectivity index (χ0) is 13.2. The number of fused-ring (bicyclic) bond motifs is 1. The minimum atomic E-state index is -0.345. The van der Waals surface area contributed by atoms with Crippen LogP contribution in [0.3, 0.4) is 0 Å². The number of nitrogens with one attached hydrogen (secondary N) is 1. The van der Waals surface area contributed by atoms with Gasteiger partial charge >= 0.3 is 5.97 Å². The normalized spacial score (nSPS) is 11.7. The molecule has 2 aromatic rings. The molecule has 2 aromatic heterocycles. The van der Waals surface area contributed by atoms with Gasteiger partial charge in [0.05, 0.1) is 5.56 Å². The lowest BCUT2D eigenvalue weighted by atomic mass is 10.1. The van der Waals surface area contributed by atoms with Gasteiger partial charge in [-0.3, -0.25) is 5.32 Å². The zero-order valence-electron chi connectivity index (χ0n) is 10.8. The summed E-state index contributed by atoms with van der Waals surface area (Å²) in [6.07, 6.45) is 5.19. The summed E-state index contributed by atoms with van der Waals surface area (Å²) in [4.78, 5) is 15.9. The molecule has 0 amide bonds. The molecule has 0 aromatic carbocycles. The number of nitrogens with zero attached hydrogens (tertiary/aromatic N) is 2. The molecule has 2 rings (SSSR count). The number of hydrogen-bond donors (Lipinski definition) is 1. The van der Waals surface area contributed by atoms with Gasteiger partial charge in [0.1, 0.15) is 12.4 Å².